The van der Waals surface area contributed by atoms with E-state index in [2.05, 4.69) is 65.5 Å². The molecule has 0 aliphatic carbocycles. The highest BCUT2D eigenvalue weighted by Crippen LogP contribution is 2.29. The Labute approximate surface area is 211 Å². The first kappa shape index (κ1) is 24.6. The third-order valence-electron chi connectivity index (χ3n) is 5.96. The normalized spacial score (nSPS) is 14.7. The standard InChI is InChI=1S/C27H29Cl2N3O2/c1-19-4-3-5-20(14-19)21-6-9-26(22(15-21)17-32-12-10-31(2)11-13-32)34-18-27(33)30-23-7-8-24(28)25(29)16-23/h3-9,14-16H,10-13,17-18H2,1-2H3,(H,30,33). The summed E-state index contributed by atoms with van der Waals surface area (Å²) in [6.07, 6.45) is 0. The summed E-state index contributed by atoms with van der Waals surface area (Å²) in [6.45, 7) is 6.86. The molecule has 1 fully saturated rings. The predicted octanol–water partition coefficient (Wildman–Crippen LogP) is 5.73. The van der Waals surface area contributed by atoms with Crippen LogP contribution in [0.4, 0.5) is 5.69 Å². The van der Waals surface area contributed by atoms with Crippen molar-refractivity contribution in [1.82, 2.24) is 9.80 Å². The lowest BCUT2D eigenvalue weighted by Crippen LogP contribution is -2.43. The van der Waals surface area contributed by atoms with Crippen molar-refractivity contribution < 1.29 is 9.53 Å². The number of carbonyl (C=O) groups is 1. The molecule has 0 saturated carbocycles. The molecule has 1 N–H and O–H groups in total. The van der Waals surface area contributed by atoms with E-state index in [1.54, 1.807) is 18.2 Å². The van der Waals surface area contributed by atoms with Crippen LogP contribution in [0, 0.1) is 6.92 Å². The first-order chi connectivity index (χ1) is 16.4. The summed E-state index contributed by atoms with van der Waals surface area (Å²) < 4.78 is 5.99. The smallest absolute Gasteiger partial charge is 0.262 e. The van der Waals surface area contributed by atoms with Crippen LogP contribution >= 0.6 is 23.2 Å². The Balaban J connectivity index is 1.50. The minimum absolute atomic E-state index is 0.0974. The second-order valence-corrected chi connectivity index (χ2v) is 9.55. The Bertz CT molecular complexity index is 1160. The molecule has 3 aromatic carbocycles. The lowest BCUT2D eigenvalue weighted by atomic mass is 10.0. The van der Waals surface area contributed by atoms with Crippen LogP contribution in [0.1, 0.15) is 11.1 Å². The Morgan fingerprint density at radius 3 is 2.44 bits per heavy atom. The van der Waals surface area contributed by atoms with Crippen molar-refractivity contribution in [1.29, 1.82) is 0 Å². The molecule has 0 aromatic heterocycles. The van der Waals surface area contributed by atoms with Gasteiger partial charge in [0, 0.05) is 44.0 Å². The summed E-state index contributed by atoms with van der Waals surface area (Å²) in [5.41, 5.74) is 5.18. The fraction of sp³-hybridized carbons (Fsp3) is 0.296. The Morgan fingerprint density at radius 1 is 0.941 bits per heavy atom. The molecule has 178 valence electrons. The van der Waals surface area contributed by atoms with Gasteiger partial charge in [0.25, 0.3) is 5.91 Å². The second kappa shape index (κ2) is 11.2. The van der Waals surface area contributed by atoms with E-state index in [0.717, 1.165) is 49.6 Å². The molecule has 0 radical (unpaired) electrons. The van der Waals surface area contributed by atoms with E-state index in [1.165, 1.54) is 11.1 Å². The van der Waals surface area contributed by atoms with Gasteiger partial charge in [0.1, 0.15) is 5.75 Å². The van der Waals surface area contributed by atoms with Gasteiger partial charge in [-0.15, -0.1) is 0 Å². The zero-order valence-electron chi connectivity index (χ0n) is 19.5. The van der Waals surface area contributed by atoms with Crippen LogP contribution in [0.2, 0.25) is 10.0 Å². The van der Waals surface area contributed by atoms with Gasteiger partial charge >= 0.3 is 0 Å². The zero-order valence-corrected chi connectivity index (χ0v) is 21.0. The highest BCUT2D eigenvalue weighted by atomic mass is 35.5. The third-order valence-corrected chi connectivity index (χ3v) is 6.70. The van der Waals surface area contributed by atoms with Gasteiger partial charge in [0.15, 0.2) is 6.61 Å². The van der Waals surface area contributed by atoms with Crippen molar-refractivity contribution in [2.75, 3.05) is 45.2 Å². The summed E-state index contributed by atoms with van der Waals surface area (Å²) in [5, 5.41) is 3.64. The van der Waals surface area contributed by atoms with Crippen LogP contribution in [0.5, 0.6) is 5.75 Å². The maximum absolute atomic E-state index is 12.5. The second-order valence-electron chi connectivity index (χ2n) is 8.74. The SMILES string of the molecule is Cc1cccc(-c2ccc(OCC(=O)Nc3ccc(Cl)c(Cl)c3)c(CN3CCN(C)CC3)c2)c1. The number of benzene rings is 3. The molecular weight excluding hydrogens is 469 g/mol. The molecule has 1 aliphatic heterocycles. The van der Waals surface area contributed by atoms with Crippen molar-refractivity contribution in [2.45, 2.75) is 13.5 Å². The number of nitrogens with one attached hydrogen (secondary N) is 1. The van der Waals surface area contributed by atoms with Crippen LogP contribution in [0.3, 0.4) is 0 Å². The largest absolute Gasteiger partial charge is 0.483 e. The first-order valence-corrected chi connectivity index (χ1v) is 12.1. The van der Waals surface area contributed by atoms with Crippen LogP contribution in [0.15, 0.2) is 60.7 Å². The number of carbonyl (C=O) groups excluding carboxylic acids is 1. The summed E-state index contributed by atoms with van der Waals surface area (Å²) in [7, 11) is 2.15. The lowest BCUT2D eigenvalue weighted by Gasteiger charge is -2.32. The number of piperazine rings is 1. The van der Waals surface area contributed by atoms with Gasteiger partial charge in [-0.1, -0.05) is 59.1 Å². The predicted molar refractivity (Wildman–Crippen MR) is 140 cm³/mol. The summed E-state index contributed by atoms with van der Waals surface area (Å²) >= 11 is 12.0. The fourth-order valence-corrected chi connectivity index (χ4v) is 4.31. The van der Waals surface area contributed by atoms with Gasteiger partial charge in [0.2, 0.25) is 0 Å². The molecule has 5 nitrogen and oxygen atoms in total. The van der Waals surface area contributed by atoms with E-state index in [4.69, 9.17) is 27.9 Å². The summed E-state index contributed by atoms with van der Waals surface area (Å²) in [6, 6.07) is 19.6. The molecule has 7 heteroatoms. The van der Waals surface area contributed by atoms with Gasteiger partial charge in [-0.2, -0.15) is 0 Å². The molecule has 0 bridgehead atoms. The average molecular weight is 498 g/mol. The van der Waals surface area contributed by atoms with Crippen molar-refractivity contribution in [2.24, 2.45) is 0 Å². The highest BCUT2D eigenvalue weighted by Gasteiger charge is 2.17. The number of ether oxygens (including phenoxy) is 1. The Kier molecular flexibility index (Phi) is 8.11. The van der Waals surface area contributed by atoms with Crippen molar-refractivity contribution in [3.05, 3.63) is 81.8 Å². The molecule has 3 aromatic rings. The highest BCUT2D eigenvalue weighted by molar-refractivity contribution is 6.42. The van der Waals surface area contributed by atoms with Crippen molar-refractivity contribution >= 4 is 34.8 Å². The Morgan fingerprint density at radius 2 is 1.71 bits per heavy atom. The molecule has 4 rings (SSSR count). The third kappa shape index (κ3) is 6.51. The van der Waals surface area contributed by atoms with Crippen LogP contribution in [0.25, 0.3) is 11.1 Å². The fourth-order valence-electron chi connectivity index (χ4n) is 4.01. The molecule has 34 heavy (non-hydrogen) atoms. The van der Waals surface area contributed by atoms with E-state index in [0.29, 0.717) is 15.7 Å². The number of aryl methyl sites for hydroxylation is 1. The number of hydrogen-bond acceptors (Lipinski definition) is 4. The van der Waals surface area contributed by atoms with Crippen LogP contribution in [-0.4, -0.2) is 55.5 Å². The molecule has 0 spiro atoms. The van der Waals surface area contributed by atoms with E-state index in [-0.39, 0.29) is 12.5 Å². The summed E-state index contributed by atoms with van der Waals surface area (Å²) in [5.74, 6) is 0.464. The van der Waals surface area contributed by atoms with Gasteiger partial charge in [-0.25, -0.2) is 0 Å². The van der Waals surface area contributed by atoms with E-state index in [9.17, 15) is 4.79 Å². The monoisotopic (exact) mass is 497 g/mol. The average Bonchev–Trinajstić information content (AvgIpc) is 2.82. The molecule has 0 unspecified atom stereocenters. The number of hydrogen-bond donors (Lipinski definition) is 1. The first-order valence-electron chi connectivity index (χ1n) is 11.4. The topological polar surface area (TPSA) is 44.8 Å². The van der Waals surface area contributed by atoms with Crippen LogP contribution in [-0.2, 0) is 11.3 Å². The van der Waals surface area contributed by atoms with E-state index in [1.807, 2.05) is 6.07 Å². The number of nitrogens with zero attached hydrogens (tertiary/aromatic N) is 2. The summed E-state index contributed by atoms with van der Waals surface area (Å²) in [4.78, 5) is 17.3. The molecule has 1 aliphatic rings. The number of anilines is 1. The van der Waals surface area contributed by atoms with Gasteiger partial charge < -0.3 is 15.0 Å². The van der Waals surface area contributed by atoms with Gasteiger partial charge in [-0.05, 0) is 55.4 Å². The molecule has 1 saturated heterocycles. The van der Waals surface area contributed by atoms with Crippen molar-refractivity contribution in [3.63, 3.8) is 0 Å². The number of halogens is 2. The zero-order chi connectivity index (χ0) is 24.1. The van der Waals surface area contributed by atoms with E-state index < -0.39 is 0 Å². The molecule has 1 amide bonds. The van der Waals surface area contributed by atoms with Gasteiger partial charge in [0.05, 0.1) is 10.0 Å². The number of likely N-dealkylation sites (N-methyl/N-ethyl adjacent to an activating group) is 1. The van der Waals surface area contributed by atoms with Gasteiger partial charge in [-0.3, -0.25) is 9.69 Å². The lowest BCUT2D eigenvalue weighted by molar-refractivity contribution is -0.118. The minimum atomic E-state index is -0.258. The van der Waals surface area contributed by atoms with Crippen LogP contribution < -0.4 is 10.1 Å². The number of amides is 1. The van der Waals surface area contributed by atoms with E-state index >= 15 is 0 Å². The molecule has 1 heterocycles. The number of rotatable bonds is 7. The Hall–Kier alpha value is -2.57. The maximum Gasteiger partial charge on any atom is 0.262 e. The minimum Gasteiger partial charge on any atom is -0.483 e. The molecular formula is C27H29Cl2N3O2. The maximum atomic E-state index is 12.5. The van der Waals surface area contributed by atoms with Crippen molar-refractivity contribution in [3.8, 4) is 16.9 Å². The quantitative estimate of drug-likeness (QED) is 0.452. The molecule has 0 atom stereocenters.